The highest BCUT2D eigenvalue weighted by atomic mass is 32.1. The van der Waals surface area contributed by atoms with E-state index in [2.05, 4.69) is 31.2 Å². The van der Waals surface area contributed by atoms with Crippen molar-refractivity contribution in [2.75, 3.05) is 53.4 Å². The van der Waals surface area contributed by atoms with E-state index in [-0.39, 0.29) is 12.6 Å². The van der Waals surface area contributed by atoms with Gasteiger partial charge in [-0.3, -0.25) is 0 Å². The Morgan fingerprint density at radius 1 is 0.744 bits per heavy atom. The normalized spacial score (nSPS) is 11.5. The van der Waals surface area contributed by atoms with Crippen LogP contribution in [0, 0.1) is 6.92 Å². The summed E-state index contributed by atoms with van der Waals surface area (Å²) < 4.78 is 40.3. The summed E-state index contributed by atoms with van der Waals surface area (Å²) in [6.45, 7) is 9.84. The van der Waals surface area contributed by atoms with Gasteiger partial charge in [0.1, 0.15) is 36.1 Å². The first-order valence-corrected chi connectivity index (χ1v) is 15.1. The number of hydrogen-bond acceptors (Lipinski definition) is 9. The Kier molecular flexibility index (Phi) is 11.8. The van der Waals surface area contributed by atoms with Gasteiger partial charge in [0, 0.05) is 10.1 Å². The lowest BCUT2D eigenvalue weighted by atomic mass is 10.1. The smallest absolute Gasteiger partial charge is 0.332 e. The minimum atomic E-state index is -0.516. The van der Waals surface area contributed by atoms with E-state index in [9.17, 15) is 4.79 Å². The minimum absolute atomic E-state index is 0.0867. The summed E-state index contributed by atoms with van der Waals surface area (Å²) in [7, 11) is 1.67. The molecule has 0 saturated carbocycles. The van der Waals surface area contributed by atoms with E-state index in [1.54, 1.807) is 18.4 Å². The predicted molar refractivity (Wildman–Crippen MR) is 169 cm³/mol. The van der Waals surface area contributed by atoms with Crippen LogP contribution in [-0.4, -0.2) is 64.9 Å². The fraction of sp³-hybridized carbons (Fsp3) is 0.382. The van der Waals surface area contributed by atoms with E-state index in [1.807, 2.05) is 63.2 Å². The number of benzene rings is 3. The fourth-order valence-corrected chi connectivity index (χ4v) is 5.25. The Labute approximate surface area is 257 Å². The summed E-state index contributed by atoms with van der Waals surface area (Å²) in [5, 5.41) is 1.04. The topological polar surface area (TPSA) is 81.7 Å². The van der Waals surface area contributed by atoms with E-state index >= 15 is 0 Å². The van der Waals surface area contributed by atoms with E-state index in [1.165, 1.54) is 5.56 Å². The summed E-state index contributed by atoms with van der Waals surface area (Å²) in [6, 6.07) is 22.1. The van der Waals surface area contributed by atoms with Crippen molar-refractivity contribution < 1.29 is 38.0 Å². The van der Waals surface area contributed by atoms with E-state index in [0.29, 0.717) is 39.6 Å². The molecule has 0 atom stereocenters. The van der Waals surface area contributed by atoms with Gasteiger partial charge in [-0.2, -0.15) is 0 Å². The number of fused-ring (bicyclic) bond motifs is 1. The van der Waals surface area contributed by atoms with Gasteiger partial charge in [-0.1, -0.05) is 29.8 Å². The van der Waals surface area contributed by atoms with Crippen LogP contribution >= 0.6 is 11.3 Å². The van der Waals surface area contributed by atoms with Crippen LogP contribution in [0.4, 0.5) is 0 Å². The Balaban J connectivity index is 1.19. The molecule has 0 bridgehead atoms. The number of thiophene rings is 1. The number of hydrogen-bond donors (Lipinski definition) is 0. The molecule has 43 heavy (non-hydrogen) atoms. The van der Waals surface area contributed by atoms with Crippen molar-refractivity contribution in [1.29, 1.82) is 0 Å². The third-order valence-corrected chi connectivity index (χ3v) is 7.27. The third kappa shape index (κ3) is 10.2. The highest BCUT2D eigenvalue weighted by Crippen LogP contribution is 2.47. The molecule has 0 spiro atoms. The molecular weight excluding hydrogens is 568 g/mol. The second-order valence-corrected chi connectivity index (χ2v) is 11.8. The molecule has 230 valence electrons. The quantitative estimate of drug-likeness (QED) is 0.0959. The highest BCUT2D eigenvalue weighted by molar-refractivity contribution is 7.22. The first-order valence-electron chi connectivity index (χ1n) is 14.3. The first kappa shape index (κ1) is 32.3. The molecule has 8 nitrogen and oxygen atoms in total. The maximum Gasteiger partial charge on any atom is 0.332 e. The molecule has 0 fully saturated rings. The van der Waals surface area contributed by atoms with Crippen LogP contribution < -0.4 is 14.2 Å². The SMILES string of the molecule is COc1ccc2c(Oc3ccc(OCCOCCOCCOCC(=O)OC(C)(C)C)cc3)c(-c3ccc(C)cc3)sc2c1. The Hall–Kier alpha value is -3.63. The van der Waals surface area contributed by atoms with Gasteiger partial charge >= 0.3 is 5.97 Å². The molecule has 0 amide bonds. The van der Waals surface area contributed by atoms with Crippen molar-refractivity contribution in [2.45, 2.75) is 33.3 Å². The summed E-state index contributed by atoms with van der Waals surface area (Å²) in [5.41, 5.74) is 1.80. The second-order valence-electron chi connectivity index (χ2n) is 10.8. The molecule has 1 aromatic heterocycles. The lowest BCUT2D eigenvalue weighted by molar-refractivity contribution is -0.160. The molecule has 4 aromatic rings. The van der Waals surface area contributed by atoms with Crippen LogP contribution in [0.3, 0.4) is 0 Å². The van der Waals surface area contributed by atoms with E-state index in [0.717, 1.165) is 43.5 Å². The van der Waals surface area contributed by atoms with Crippen molar-refractivity contribution in [1.82, 2.24) is 0 Å². The van der Waals surface area contributed by atoms with Crippen LogP contribution in [0.25, 0.3) is 20.5 Å². The molecule has 0 aliphatic rings. The zero-order valence-electron chi connectivity index (χ0n) is 25.5. The Bertz CT molecular complexity index is 1440. The number of carbonyl (C=O) groups excluding carboxylic acids is 1. The van der Waals surface area contributed by atoms with Gasteiger partial charge in [-0.05, 0) is 75.7 Å². The van der Waals surface area contributed by atoms with Crippen LogP contribution in [0.2, 0.25) is 0 Å². The van der Waals surface area contributed by atoms with Crippen molar-refractivity contribution in [3.05, 3.63) is 72.3 Å². The van der Waals surface area contributed by atoms with Gasteiger partial charge in [0.25, 0.3) is 0 Å². The summed E-state index contributed by atoms with van der Waals surface area (Å²) in [5.74, 6) is 2.70. The van der Waals surface area contributed by atoms with Gasteiger partial charge in [0.2, 0.25) is 0 Å². The number of ether oxygens (including phenoxy) is 7. The molecule has 0 radical (unpaired) electrons. The largest absolute Gasteiger partial charge is 0.497 e. The average Bonchev–Trinajstić information content (AvgIpc) is 3.33. The van der Waals surface area contributed by atoms with Crippen molar-refractivity contribution in [3.63, 3.8) is 0 Å². The molecule has 9 heteroatoms. The molecular formula is C34H40O8S. The van der Waals surface area contributed by atoms with Gasteiger partial charge in [0.15, 0.2) is 5.75 Å². The third-order valence-electron chi connectivity index (χ3n) is 6.09. The maximum atomic E-state index is 11.6. The van der Waals surface area contributed by atoms with Gasteiger partial charge < -0.3 is 33.2 Å². The fourth-order valence-electron chi connectivity index (χ4n) is 4.08. The lowest BCUT2D eigenvalue weighted by Gasteiger charge is -2.19. The molecule has 0 unspecified atom stereocenters. The van der Waals surface area contributed by atoms with Crippen LogP contribution in [0.1, 0.15) is 26.3 Å². The van der Waals surface area contributed by atoms with E-state index in [4.69, 9.17) is 33.2 Å². The van der Waals surface area contributed by atoms with Crippen molar-refractivity contribution in [2.24, 2.45) is 0 Å². The van der Waals surface area contributed by atoms with Crippen LogP contribution in [-0.2, 0) is 23.7 Å². The summed E-state index contributed by atoms with van der Waals surface area (Å²) in [6.07, 6.45) is 0. The average molecular weight is 609 g/mol. The molecule has 0 aliphatic carbocycles. The summed E-state index contributed by atoms with van der Waals surface area (Å²) in [4.78, 5) is 12.6. The minimum Gasteiger partial charge on any atom is -0.497 e. The Morgan fingerprint density at radius 3 is 2.00 bits per heavy atom. The second kappa shape index (κ2) is 15.7. The highest BCUT2D eigenvalue weighted by Gasteiger charge is 2.18. The maximum absolute atomic E-state index is 11.6. The van der Waals surface area contributed by atoms with Crippen molar-refractivity contribution >= 4 is 27.4 Å². The van der Waals surface area contributed by atoms with Crippen molar-refractivity contribution in [3.8, 4) is 33.4 Å². The summed E-state index contributed by atoms with van der Waals surface area (Å²) >= 11 is 1.69. The number of aryl methyl sites for hydroxylation is 1. The van der Waals surface area contributed by atoms with Gasteiger partial charge in [-0.15, -0.1) is 11.3 Å². The number of carbonyl (C=O) groups is 1. The van der Waals surface area contributed by atoms with Gasteiger partial charge in [0.05, 0.1) is 45.0 Å². The molecule has 0 aliphatic heterocycles. The molecule has 0 N–H and O–H groups in total. The molecule has 0 saturated heterocycles. The number of methoxy groups -OCH3 is 1. The molecule has 4 rings (SSSR count). The van der Waals surface area contributed by atoms with Crippen LogP contribution in [0.15, 0.2) is 66.7 Å². The lowest BCUT2D eigenvalue weighted by Crippen LogP contribution is -2.27. The Morgan fingerprint density at radius 2 is 1.35 bits per heavy atom. The molecule has 3 aromatic carbocycles. The standard InChI is InChI=1S/C34H40O8S/c1-24-6-8-25(9-7-24)33-32(29-15-14-28(36-5)22-30(29)43-33)41-27-12-10-26(11-13-27)40-21-20-38-17-16-37-18-19-39-23-31(35)42-34(2,3)4/h6-15,22H,16-21,23H2,1-5H3. The first-order chi connectivity index (χ1) is 20.7. The van der Waals surface area contributed by atoms with E-state index < -0.39 is 5.60 Å². The van der Waals surface area contributed by atoms with Crippen LogP contribution in [0.5, 0.6) is 23.0 Å². The molecule has 1 heterocycles. The zero-order chi connectivity index (χ0) is 30.7. The monoisotopic (exact) mass is 608 g/mol. The predicted octanol–water partition coefficient (Wildman–Crippen LogP) is 7.45. The number of esters is 1. The zero-order valence-corrected chi connectivity index (χ0v) is 26.3. The van der Waals surface area contributed by atoms with Gasteiger partial charge in [-0.25, -0.2) is 4.79 Å². The number of rotatable bonds is 16.